The lowest BCUT2D eigenvalue weighted by molar-refractivity contribution is -0.137. The Bertz CT molecular complexity index is 632. The van der Waals surface area contributed by atoms with E-state index in [9.17, 15) is 13.2 Å². The van der Waals surface area contributed by atoms with Gasteiger partial charge in [-0.1, -0.05) is 42.5 Å². The summed E-state index contributed by atoms with van der Waals surface area (Å²) in [6.45, 7) is 5.28. The zero-order chi connectivity index (χ0) is 18.4. The van der Waals surface area contributed by atoms with E-state index >= 15 is 0 Å². The molecule has 0 saturated carbocycles. The normalized spacial score (nSPS) is 13.4. The van der Waals surface area contributed by atoms with Gasteiger partial charge in [0.15, 0.2) is 0 Å². The fourth-order valence-corrected chi connectivity index (χ4v) is 2.84. The van der Waals surface area contributed by atoms with Crippen LogP contribution in [-0.4, -0.2) is 24.5 Å². The third-order valence-electron chi connectivity index (χ3n) is 4.75. The van der Waals surface area contributed by atoms with Crippen molar-refractivity contribution >= 4 is 0 Å². The van der Waals surface area contributed by atoms with Gasteiger partial charge in [0, 0.05) is 6.04 Å². The lowest BCUT2D eigenvalue weighted by atomic mass is 9.89. The van der Waals surface area contributed by atoms with Gasteiger partial charge in [-0.25, -0.2) is 0 Å². The van der Waals surface area contributed by atoms with E-state index in [-0.39, 0.29) is 0 Å². The fraction of sp³-hybridized carbons (Fsp3) is 0.429. The molecule has 0 spiro atoms. The van der Waals surface area contributed by atoms with Crippen molar-refractivity contribution in [1.82, 2.24) is 4.90 Å². The van der Waals surface area contributed by atoms with E-state index in [0.29, 0.717) is 12.0 Å². The SMILES string of the molecule is CC(C)N(C)CC[C@@H](Cc1ccc(C(F)(F)F)cc1)c1ccccc1. The molecule has 25 heavy (non-hydrogen) atoms. The topological polar surface area (TPSA) is 3.24 Å². The molecule has 2 aromatic rings. The average Bonchev–Trinajstić information content (AvgIpc) is 2.58. The Morgan fingerprint density at radius 1 is 0.920 bits per heavy atom. The van der Waals surface area contributed by atoms with Crippen LogP contribution >= 0.6 is 0 Å². The molecular formula is C21H26F3N. The quantitative estimate of drug-likeness (QED) is 0.614. The highest BCUT2D eigenvalue weighted by Gasteiger charge is 2.30. The molecule has 0 heterocycles. The summed E-state index contributed by atoms with van der Waals surface area (Å²) >= 11 is 0. The Hall–Kier alpha value is -1.81. The molecule has 0 amide bonds. The zero-order valence-corrected chi connectivity index (χ0v) is 15.1. The minimum atomic E-state index is -4.28. The predicted molar refractivity (Wildman–Crippen MR) is 96.7 cm³/mol. The molecule has 0 N–H and O–H groups in total. The second-order valence-electron chi connectivity index (χ2n) is 6.87. The van der Waals surface area contributed by atoms with Gasteiger partial charge in [0.2, 0.25) is 0 Å². The first-order chi connectivity index (χ1) is 11.8. The molecule has 0 aliphatic rings. The van der Waals surface area contributed by atoms with Crippen LogP contribution in [0.5, 0.6) is 0 Å². The van der Waals surface area contributed by atoms with Crippen LogP contribution in [0.15, 0.2) is 54.6 Å². The maximum atomic E-state index is 12.7. The number of rotatable bonds is 7. The van der Waals surface area contributed by atoms with Gasteiger partial charge >= 0.3 is 6.18 Å². The first-order valence-electron chi connectivity index (χ1n) is 8.68. The third kappa shape index (κ3) is 5.89. The largest absolute Gasteiger partial charge is 0.416 e. The van der Waals surface area contributed by atoms with Crippen LogP contribution in [0, 0.1) is 0 Å². The predicted octanol–water partition coefficient (Wildman–Crippen LogP) is 5.76. The first-order valence-corrected chi connectivity index (χ1v) is 8.68. The summed E-state index contributed by atoms with van der Waals surface area (Å²) < 4.78 is 38.2. The molecule has 0 aliphatic carbocycles. The summed E-state index contributed by atoms with van der Waals surface area (Å²) in [5, 5.41) is 0. The molecule has 4 heteroatoms. The van der Waals surface area contributed by atoms with E-state index in [1.807, 2.05) is 18.2 Å². The molecule has 0 saturated heterocycles. The van der Waals surface area contributed by atoms with Crippen molar-refractivity contribution in [3.8, 4) is 0 Å². The van der Waals surface area contributed by atoms with Crippen LogP contribution in [0.2, 0.25) is 0 Å². The van der Waals surface area contributed by atoms with E-state index in [2.05, 4.69) is 37.9 Å². The average molecular weight is 349 g/mol. The van der Waals surface area contributed by atoms with Crippen LogP contribution in [0.4, 0.5) is 13.2 Å². The number of halogens is 3. The van der Waals surface area contributed by atoms with Crippen molar-refractivity contribution in [3.63, 3.8) is 0 Å². The highest BCUT2D eigenvalue weighted by Crippen LogP contribution is 2.30. The highest BCUT2D eigenvalue weighted by atomic mass is 19.4. The van der Waals surface area contributed by atoms with Crippen LogP contribution < -0.4 is 0 Å². The first kappa shape index (κ1) is 19.5. The van der Waals surface area contributed by atoms with Crippen molar-refractivity contribution in [1.29, 1.82) is 0 Å². The molecule has 1 nitrogen and oxygen atoms in total. The number of nitrogens with zero attached hydrogens (tertiary/aromatic N) is 1. The molecule has 0 bridgehead atoms. The zero-order valence-electron chi connectivity index (χ0n) is 15.1. The van der Waals surface area contributed by atoms with Gasteiger partial charge < -0.3 is 4.90 Å². The van der Waals surface area contributed by atoms with E-state index in [1.54, 1.807) is 12.1 Å². The Morgan fingerprint density at radius 3 is 2.04 bits per heavy atom. The van der Waals surface area contributed by atoms with Crippen molar-refractivity contribution < 1.29 is 13.2 Å². The van der Waals surface area contributed by atoms with Crippen LogP contribution in [0.25, 0.3) is 0 Å². The summed E-state index contributed by atoms with van der Waals surface area (Å²) in [6.07, 6.45) is -2.56. The standard InChI is InChI=1S/C21H26F3N/c1-16(2)25(3)14-13-19(18-7-5-4-6-8-18)15-17-9-11-20(12-10-17)21(22,23)24/h4-12,16,19H,13-15H2,1-3H3/t19-/m0/s1. The maximum Gasteiger partial charge on any atom is 0.416 e. The minimum absolute atomic E-state index is 0.291. The van der Waals surface area contributed by atoms with Crippen LogP contribution in [-0.2, 0) is 12.6 Å². The molecule has 2 rings (SSSR count). The van der Waals surface area contributed by atoms with Crippen LogP contribution in [0.3, 0.4) is 0 Å². The van der Waals surface area contributed by atoms with E-state index in [0.717, 1.165) is 24.9 Å². The van der Waals surface area contributed by atoms with Gasteiger partial charge in [0.05, 0.1) is 5.56 Å². The molecule has 0 unspecified atom stereocenters. The fourth-order valence-electron chi connectivity index (χ4n) is 2.84. The lowest BCUT2D eigenvalue weighted by Crippen LogP contribution is -2.28. The van der Waals surface area contributed by atoms with Gasteiger partial charge in [-0.05, 0) is 69.5 Å². The summed E-state index contributed by atoms with van der Waals surface area (Å²) in [5.41, 5.74) is 1.58. The maximum absolute atomic E-state index is 12.7. The summed E-state index contributed by atoms with van der Waals surface area (Å²) in [7, 11) is 2.10. The minimum Gasteiger partial charge on any atom is -0.304 e. The second-order valence-corrected chi connectivity index (χ2v) is 6.87. The van der Waals surface area contributed by atoms with Crippen molar-refractivity contribution in [3.05, 3.63) is 71.3 Å². The number of hydrogen-bond acceptors (Lipinski definition) is 1. The van der Waals surface area contributed by atoms with Crippen molar-refractivity contribution in [2.45, 2.75) is 44.8 Å². The molecular weight excluding hydrogens is 323 g/mol. The molecule has 0 aromatic heterocycles. The van der Waals surface area contributed by atoms with Crippen molar-refractivity contribution in [2.24, 2.45) is 0 Å². The van der Waals surface area contributed by atoms with Crippen LogP contribution in [0.1, 0.15) is 42.9 Å². The molecule has 0 radical (unpaired) electrons. The Labute approximate surface area is 148 Å². The Morgan fingerprint density at radius 2 is 1.52 bits per heavy atom. The van der Waals surface area contributed by atoms with Gasteiger partial charge in [0.1, 0.15) is 0 Å². The Kier molecular flexibility index (Phi) is 6.65. The number of benzene rings is 2. The molecule has 0 fully saturated rings. The van der Waals surface area contributed by atoms with Gasteiger partial charge in [-0.15, -0.1) is 0 Å². The Balaban J connectivity index is 2.13. The lowest BCUT2D eigenvalue weighted by Gasteiger charge is -2.25. The number of hydrogen-bond donors (Lipinski definition) is 0. The van der Waals surface area contributed by atoms with E-state index in [4.69, 9.17) is 0 Å². The molecule has 1 atom stereocenters. The molecule has 136 valence electrons. The summed E-state index contributed by atoms with van der Waals surface area (Å²) in [4.78, 5) is 2.29. The third-order valence-corrected chi connectivity index (χ3v) is 4.75. The highest BCUT2D eigenvalue weighted by molar-refractivity contribution is 5.28. The second kappa shape index (κ2) is 8.52. The van der Waals surface area contributed by atoms with Gasteiger partial charge in [-0.3, -0.25) is 0 Å². The summed E-state index contributed by atoms with van der Waals surface area (Å²) in [6, 6.07) is 16.3. The number of alkyl halides is 3. The smallest absolute Gasteiger partial charge is 0.304 e. The monoisotopic (exact) mass is 349 g/mol. The van der Waals surface area contributed by atoms with Gasteiger partial charge in [-0.2, -0.15) is 13.2 Å². The van der Waals surface area contributed by atoms with E-state index < -0.39 is 11.7 Å². The summed E-state index contributed by atoms with van der Waals surface area (Å²) in [5.74, 6) is 0.291. The van der Waals surface area contributed by atoms with Crippen molar-refractivity contribution in [2.75, 3.05) is 13.6 Å². The van der Waals surface area contributed by atoms with E-state index in [1.165, 1.54) is 17.7 Å². The molecule has 0 aliphatic heterocycles. The molecule has 2 aromatic carbocycles. The van der Waals surface area contributed by atoms with Gasteiger partial charge in [0.25, 0.3) is 0 Å².